The van der Waals surface area contributed by atoms with E-state index in [0.29, 0.717) is 23.6 Å². The van der Waals surface area contributed by atoms with Crippen LogP contribution in [0.25, 0.3) is 0 Å². The predicted molar refractivity (Wildman–Crippen MR) is 188 cm³/mol. The fourth-order valence-corrected chi connectivity index (χ4v) is 7.59. The summed E-state index contributed by atoms with van der Waals surface area (Å²) in [6.45, 7) is 15.4. The van der Waals surface area contributed by atoms with Gasteiger partial charge in [-0.25, -0.2) is 0 Å². The SMILES string of the molecule is CCC(=O)C(=O)[C@H](CC1CC1)NC(=O)[C@@H]1C[C@]2(CC(c3cccc(Cl)c3)=NO2)CN1C(=O)[C@@H](NC(=O)[C@@H]1C(C=C(C)C)C1(C)C)C(C)(C)C. The molecule has 3 amide bonds. The van der Waals surface area contributed by atoms with E-state index < -0.39 is 52.5 Å². The highest BCUT2D eigenvalue weighted by atomic mass is 35.5. The summed E-state index contributed by atoms with van der Waals surface area (Å²) in [5.41, 5.74) is 0.588. The van der Waals surface area contributed by atoms with Gasteiger partial charge in [0.15, 0.2) is 11.4 Å². The van der Waals surface area contributed by atoms with Gasteiger partial charge in [-0.15, -0.1) is 0 Å². The van der Waals surface area contributed by atoms with E-state index in [1.54, 1.807) is 19.1 Å². The Labute approximate surface area is 294 Å². The van der Waals surface area contributed by atoms with Gasteiger partial charge in [-0.1, -0.05) is 94.9 Å². The van der Waals surface area contributed by atoms with Crippen molar-refractivity contribution in [2.75, 3.05) is 6.54 Å². The molecule has 2 heterocycles. The predicted octanol–water partition coefficient (Wildman–Crippen LogP) is 5.41. The Kier molecular flexibility index (Phi) is 10.2. The van der Waals surface area contributed by atoms with Crippen molar-refractivity contribution in [3.63, 3.8) is 0 Å². The first-order valence-electron chi connectivity index (χ1n) is 17.5. The number of benzene rings is 1. The summed E-state index contributed by atoms with van der Waals surface area (Å²) in [7, 11) is 0. The van der Waals surface area contributed by atoms with Crippen molar-refractivity contribution in [3.05, 3.63) is 46.5 Å². The van der Waals surface area contributed by atoms with Gasteiger partial charge < -0.3 is 20.4 Å². The van der Waals surface area contributed by atoms with E-state index in [9.17, 15) is 24.0 Å². The summed E-state index contributed by atoms with van der Waals surface area (Å²) >= 11 is 6.26. The third kappa shape index (κ3) is 7.95. The molecule has 0 aromatic heterocycles. The second-order valence-electron chi connectivity index (χ2n) is 16.4. The number of allylic oxidation sites excluding steroid dienone is 2. The molecule has 49 heavy (non-hydrogen) atoms. The van der Waals surface area contributed by atoms with E-state index in [2.05, 4.69) is 35.7 Å². The molecule has 0 radical (unpaired) electrons. The number of ketones is 2. The number of hydrogen-bond donors (Lipinski definition) is 2. The molecule has 5 rings (SSSR count). The number of halogens is 1. The van der Waals surface area contributed by atoms with Gasteiger partial charge in [0.2, 0.25) is 23.5 Å². The molecule has 4 aliphatic rings. The molecule has 6 atom stereocenters. The molecular weight excluding hydrogens is 644 g/mol. The molecule has 2 saturated carbocycles. The Morgan fingerprint density at radius 2 is 1.80 bits per heavy atom. The first kappa shape index (κ1) is 36.7. The zero-order chi connectivity index (χ0) is 36.1. The second kappa shape index (κ2) is 13.6. The lowest BCUT2D eigenvalue weighted by molar-refractivity contribution is -0.145. The van der Waals surface area contributed by atoms with Crippen LogP contribution in [0.3, 0.4) is 0 Å². The largest absolute Gasteiger partial charge is 0.387 e. The third-order valence-corrected chi connectivity index (χ3v) is 10.8. The van der Waals surface area contributed by atoms with Gasteiger partial charge in [-0.3, -0.25) is 24.0 Å². The number of oxime groups is 1. The third-order valence-electron chi connectivity index (χ3n) is 10.6. The standard InChI is InChI=1S/C38H51ClN4O6/c1-9-29(44)31(45)26(16-22-13-14-22)40-33(46)28-19-38(18-27(42-49-38)23-11-10-12-24(39)17-23)20-43(28)35(48)32(36(4,5)6)41-34(47)30-25(15-21(2)3)37(30,7)8/h10-12,15,17,22,25-26,28,30,32H,9,13-14,16,18-20H2,1-8H3,(H,40,46)(H,41,47)/t25?,26-,28-,30-,32+,38+/m0/s1. The molecule has 1 aromatic carbocycles. The Morgan fingerprint density at radius 3 is 2.39 bits per heavy atom. The normalized spacial score (nSPS) is 26.7. The quantitative estimate of drug-likeness (QED) is 0.222. The summed E-state index contributed by atoms with van der Waals surface area (Å²) in [6, 6.07) is 4.31. The zero-order valence-electron chi connectivity index (χ0n) is 30.0. The summed E-state index contributed by atoms with van der Waals surface area (Å²) in [5, 5.41) is 10.9. The fourth-order valence-electron chi connectivity index (χ4n) is 7.40. The average Bonchev–Trinajstić information content (AvgIpc) is 3.82. The van der Waals surface area contributed by atoms with Crippen LogP contribution in [0.5, 0.6) is 0 Å². The van der Waals surface area contributed by atoms with Crippen LogP contribution in [0.15, 0.2) is 41.1 Å². The van der Waals surface area contributed by atoms with Crippen LogP contribution in [-0.4, -0.2) is 70.2 Å². The number of Topliss-reactive ketones (excluding diaryl/α,β-unsaturated/α-hetero) is 2. The van der Waals surface area contributed by atoms with Gasteiger partial charge in [-0.2, -0.15) is 0 Å². The van der Waals surface area contributed by atoms with Gasteiger partial charge in [0.25, 0.3) is 0 Å². The molecular formula is C38H51ClN4O6. The highest BCUT2D eigenvalue weighted by molar-refractivity contribution is 6.39. The minimum atomic E-state index is -1.02. The first-order chi connectivity index (χ1) is 22.9. The Hall–Kier alpha value is -3.53. The maximum Gasteiger partial charge on any atom is 0.246 e. The summed E-state index contributed by atoms with van der Waals surface area (Å²) in [6.07, 6.45) is 4.86. The van der Waals surface area contributed by atoms with Gasteiger partial charge in [0.05, 0.1) is 24.2 Å². The molecule has 0 bridgehead atoms. The molecule has 1 saturated heterocycles. The molecule has 1 spiro atoms. The van der Waals surface area contributed by atoms with Crippen molar-refractivity contribution >= 4 is 46.6 Å². The molecule has 2 N–H and O–H groups in total. The van der Waals surface area contributed by atoms with Gasteiger partial charge in [-0.05, 0) is 55.1 Å². The van der Waals surface area contributed by atoms with Crippen molar-refractivity contribution in [1.82, 2.24) is 15.5 Å². The Bertz CT molecular complexity index is 1590. The number of amides is 3. The maximum absolute atomic E-state index is 14.7. The summed E-state index contributed by atoms with van der Waals surface area (Å²) in [5.74, 6) is -2.26. The molecule has 266 valence electrons. The summed E-state index contributed by atoms with van der Waals surface area (Å²) in [4.78, 5) is 75.8. The lowest BCUT2D eigenvalue weighted by Gasteiger charge is -2.36. The van der Waals surface area contributed by atoms with Crippen LogP contribution in [0.4, 0.5) is 0 Å². The van der Waals surface area contributed by atoms with Crippen molar-refractivity contribution < 1.29 is 28.8 Å². The van der Waals surface area contributed by atoms with Crippen molar-refractivity contribution in [2.24, 2.45) is 33.7 Å². The molecule has 1 aromatic rings. The Morgan fingerprint density at radius 1 is 1.10 bits per heavy atom. The van der Waals surface area contributed by atoms with E-state index in [4.69, 9.17) is 16.4 Å². The lowest BCUT2D eigenvalue weighted by atomic mass is 9.85. The molecule has 2 aliphatic carbocycles. The van der Waals surface area contributed by atoms with Crippen LogP contribution in [0, 0.1) is 28.6 Å². The highest BCUT2D eigenvalue weighted by Crippen LogP contribution is 2.59. The topological polar surface area (TPSA) is 134 Å². The maximum atomic E-state index is 14.7. The van der Waals surface area contributed by atoms with E-state index in [0.717, 1.165) is 24.0 Å². The molecule has 11 heteroatoms. The molecule has 2 aliphatic heterocycles. The van der Waals surface area contributed by atoms with Gasteiger partial charge in [0, 0.05) is 29.8 Å². The van der Waals surface area contributed by atoms with Crippen molar-refractivity contribution in [3.8, 4) is 0 Å². The van der Waals surface area contributed by atoms with Crippen LogP contribution < -0.4 is 10.6 Å². The van der Waals surface area contributed by atoms with E-state index in [1.807, 2.05) is 46.8 Å². The smallest absolute Gasteiger partial charge is 0.246 e. The minimum absolute atomic E-state index is 0.0453. The lowest BCUT2D eigenvalue weighted by Crippen LogP contribution is -2.59. The van der Waals surface area contributed by atoms with Crippen LogP contribution in [0.1, 0.15) is 99.5 Å². The fraction of sp³-hybridized carbons (Fsp3) is 0.632. The van der Waals surface area contributed by atoms with Gasteiger partial charge in [0.1, 0.15) is 12.1 Å². The van der Waals surface area contributed by atoms with Crippen LogP contribution in [0.2, 0.25) is 5.02 Å². The number of nitrogens with zero attached hydrogens (tertiary/aromatic N) is 2. The van der Waals surface area contributed by atoms with E-state index >= 15 is 0 Å². The molecule has 1 unspecified atom stereocenters. The average molecular weight is 695 g/mol. The zero-order valence-corrected chi connectivity index (χ0v) is 30.8. The number of rotatable bonds is 12. The van der Waals surface area contributed by atoms with Crippen LogP contribution in [-0.2, 0) is 28.8 Å². The van der Waals surface area contributed by atoms with Crippen molar-refractivity contribution in [1.29, 1.82) is 0 Å². The number of nitrogens with one attached hydrogen (secondary N) is 2. The minimum Gasteiger partial charge on any atom is -0.387 e. The number of carbonyl (C=O) groups is 5. The first-order valence-corrected chi connectivity index (χ1v) is 17.9. The van der Waals surface area contributed by atoms with E-state index in [1.165, 1.54) is 4.90 Å². The highest BCUT2D eigenvalue weighted by Gasteiger charge is 2.61. The second-order valence-corrected chi connectivity index (χ2v) is 16.9. The van der Waals surface area contributed by atoms with Gasteiger partial charge >= 0.3 is 0 Å². The van der Waals surface area contributed by atoms with Crippen molar-refractivity contribution in [2.45, 2.75) is 118 Å². The molecule has 3 fully saturated rings. The number of carbonyl (C=O) groups excluding carboxylic acids is 5. The summed E-state index contributed by atoms with van der Waals surface area (Å²) < 4.78 is 0. The van der Waals surface area contributed by atoms with E-state index in [-0.39, 0.29) is 48.5 Å². The van der Waals surface area contributed by atoms with Crippen LogP contribution >= 0.6 is 11.6 Å². The molecule has 10 nitrogen and oxygen atoms in total. The number of hydrogen-bond acceptors (Lipinski definition) is 7. The number of likely N-dealkylation sites (tertiary alicyclic amines) is 1. The monoisotopic (exact) mass is 694 g/mol. The Balaban J connectivity index is 1.43.